The fourth-order valence-electron chi connectivity index (χ4n) is 2.60. The van der Waals surface area contributed by atoms with Crippen LogP contribution in [0.3, 0.4) is 0 Å². The van der Waals surface area contributed by atoms with Gasteiger partial charge in [-0.05, 0) is 44.7 Å². The predicted octanol–water partition coefficient (Wildman–Crippen LogP) is 2.81. The highest BCUT2D eigenvalue weighted by Gasteiger charge is 2.67. The van der Waals surface area contributed by atoms with E-state index in [0.29, 0.717) is 5.92 Å². The van der Waals surface area contributed by atoms with Gasteiger partial charge in [-0.2, -0.15) is 0 Å². The summed E-state index contributed by atoms with van der Waals surface area (Å²) in [5.41, 5.74) is -0.665. The van der Waals surface area contributed by atoms with E-state index in [0.717, 1.165) is 38.8 Å². The Hall–Kier alpha value is -0.180. The fraction of sp³-hybridized carbons (Fsp3) is 1.00. The van der Waals surface area contributed by atoms with Crippen molar-refractivity contribution < 1.29 is 8.78 Å². The van der Waals surface area contributed by atoms with Crippen LogP contribution in [0.1, 0.15) is 39.0 Å². The van der Waals surface area contributed by atoms with Crippen LogP contribution in [-0.2, 0) is 0 Å². The Morgan fingerprint density at radius 3 is 2.64 bits per heavy atom. The first kappa shape index (κ1) is 10.3. The van der Waals surface area contributed by atoms with Crippen molar-refractivity contribution in [1.29, 1.82) is 0 Å². The maximum absolute atomic E-state index is 13.0. The van der Waals surface area contributed by atoms with E-state index in [1.54, 1.807) is 6.92 Å². The summed E-state index contributed by atoms with van der Waals surface area (Å²) in [4.78, 5) is 0. The number of hydrogen-bond acceptors (Lipinski definition) is 1. The van der Waals surface area contributed by atoms with E-state index in [2.05, 4.69) is 5.32 Å². The van der Waals surface area contributed by atoms with E-state index >= 15 is 0 Å². The van der Waals surface area contributed by atoms with E-state index in [1.165, 1.54) is 0 Å². The summed E-state index contributed by atoms with van der Waals surface area (Å²) in [6.45, 7) is 3.81. The minimum absolute atomic E-state index is 0.115. The van der Waals surface area contributed by atoms with E-state index in [1.807, 2.05) is 0 Å². The van der Waals surface area contributed by atoms with Crippen LogP contribution < -0.4 is 5.32 Å². The lowest BCUT2D eigenvalue weighted by molar-refractivity contribution is 0.0595. The Morgan fingerprint density at radius 1 is 1.29 bits per heavy atom. The minimum atomic E-state index is -2.37. The van der Waals surface area contributed by atoms with E-state index in [-0.39, 0.29) is 6.42 Å². The van der Waals surface area contributed by atoms with Crippen molar-refractivity contribution in [2.24, 2.45) is 11.3 Å². The van der Waals surface area contributed by atoms with Gasteiger partial charge in [0.2, 0.25) is 0 Å². The molecule has 0 radical (unpaired) electrons. The van der Waals surface area contributed by atoms with Gasteiger partial charge in [-0.1, -0.05) is 6.92 Å². The Balaban J connectivity index is 1.85. The van der Waals surface area contributed by atoms with Gasteiger partial charge in [-0.25, -0.2) is 8.78 Å². The molecule has 1 saturated carbocycles. The summed E-state index contributed by atoms with van der Waals surface area (Å²) >= 11 is 0. The van der Waals surface area contributed by atoms with Crippen LogP contribution >= 0.6 is 0 Å². The molecule has 2 fully saturated rings. The molecule has 1 N–H and O–H groups in total. The Morgan fingerprint density at radius 2 is 2.00 bits per heavy atom. The molecule has 2 atom stereocenters. The van der Waals surface area contributed by atoms with Crippen molar-refractivity contribution in [2.45, 2.75) is 45.0 Å². The molecule has 82 valence electrons. The van der Waals surface area contributed by atoms with Crippen molar-refractivity contribution in [2.75, 3.05) is 13.1 Å². The summed E-state index contributed by atoms with van der Waals surface area (Å²) in [6, 6.07) is 0. The van der Waals surface area contributed by atoms with Crippen LogP contribution in [0.4, 0.5) is 8.78 Å². The Bertz CT molecular complexity index is 209. The molecule has 1 saturated heterocycles. The molecule has 0 aromatic carbocycles. The fourth-order valence-corrected chi connectivity index (χ4v) is 2.60. The molecule has 14 heavy (non-hydrogen) atoms. The highest BCUT2D eigenvalue weighted by molar-refractivity contribution is 5.07. The molecule has 1 heterocycles. The second kappa shape index (κ2) is 3.44. The molecule has 1 nitrogen and oxygen atoms in total. The van der Waals surface area contributed by atoms with Crippen LogP contribution in [0.2, 0.25) is 0 Å². The molecular formula is C11H19F2N. The molecular weight excluding hydrogens is 184 g/mol. The topological polar surface area (TPSA) is 12.0 Å². The van der Waals surface area contributed by atoms with Crippen LogP contribution in [-0.4, -0.2) is 19.0 Å². The van der Waals surface area contributed by atoms with E-state index < -0.39 is 11.3 Å². The highest BCUT2D eigenvalue weighted by atomic mass is 19.3. The summed E-state index contributed by atoms with van der Waals surface area (Å²) in [7, 11) is 0. The largest absolute Gasteiger partial charge is 0.317 e. The van der Waals surface area contributed by atoms with Gasteiger partial charge in [-0.3, -0.25) is 0 Å². The standard InChI is InChI=1S/C11H19F2N/c1-10(8-11(10,12)13)7-9-3-2-5-14-6-4-9/h9,14H,2-8H2,1H3. The zero-order valence-corrected chi connectivity index (χ0v) is 8.78. The molecule has 2 unspecified atom stereocenters. The van der Waals surface area contributed by atoms with Gasteiger partial charge in [0.1, 0.15) is 0 Å². The third-order valence-electron chi connectivity index (χ3n) is 3.80. The van der Waals surface area contributed by atoms with Gasteiger partial charge in [0.05, 0.1) is 0 Å². The molecule has 0 bridgehead atoms. The van der Waals surface area contributed by atoms with Crippen molar-refractivity contribution in [3.63, 3.8) is 0 Å². The van der Waals surface area contributed by atoms with Gasteiger partial charge in [0, 0.05) is 11.8 Å². The monoisotopic (exact) mass is 203 g/mol. The van der Waals surface area contributed by atoms with Crippen molar-refractivity contribution in [3.8, 4) is 0 Å². The molecule has 1 aliphatic heterocycles. The first-order valence-corrected chi connectivity index (χ1v) is 5.62. The number of halogens is 2. The zero-order valence-electron chi connectivity index (χ0n) is 8.78. The first-order chi connectivity index (χ1) is 6.54. The smallest absolute Gasteiger partial charge is 0.254 e. The second-order valence-electron chi connectivity index (χ2n) is 5.19. The second-order valence-corrected chi connectivity index (χ2v) is 5.19. The zero-order chi connectivity index (χ0) is 10.2. The first-order valence-electron chi connectivity index (χ1n) is 5.62. The van der Waals surface area contributed by atoms with Crippen molar-refractivity contribution in [3.05, 3.63) is 0 Å². The predicted molar refractivity (Wildman–Crippen MR) is 52.5 cm³/mol. The SMILES string of the molecule is CC1(CC2CCCNCC2)CC1(F)F. The van der Waals surface area contributed by atoms with Crippen LogP contribution in [0.15, 0.2) is 0 Å². The molecule has 0 amide bonds. The van der Waals surface area contributed by atoms with E-state index in [4.69, 9.17) is 0 Å². The van der Waals surface area contributed by atoms with Gasteiger partial charge >= 0.3 is 0 Å². The highest BCUT2D eigenvalue weighted by Crippen LogP contribution is 2.63. The third kappa shape index (κ3) is 1.92. The molecule has 0 aromatic heterocycles. The third-order valence-corrected chi connectivity index (χ3v) is 3.80. The summed E-state index contributed by atoms with van der Waals surface area (Å²) in [6.07, 6.45) is 4.18. The van der Waals surface area contributed by atoms with Crippen molar-refractivity contribution in [1.82, 2.24) is 5.32 Å². The lowest BCUT2D eigenvalue weighted by atomic mass is 9.88. The molecule has 1 aliphatic carbocycles. The summed E-state index contributed by atoms with van der Waals surface area (Å²) in [5, 5.41) is 3.32. The van der Waals surface area contributed by atoms with Gasteiger partial charge in [-0.15, -0.1) is 0 Å². The van der Waals surface area contributed by atoms with Crippen molar-refractivity contribution >= 4 is 0 Å². The molecule has 0 aromatic rings. The summed E-state index contributed by atoms with van der Waals surface area (Å²) < 4.78 is 26.0. The van der Waals surface area contributed by atoms with Crippen LogP contribution in [0.25, 0.3) is 0 Å². The van der Waals surface area contributed by atoms with E-state index in [9.17, 15) is 8.78 Å². The molecule has 2 rings (SSSR count). The lowest BCUT2D eigenvalue weighted by Gasteiger charge is -2.18. The average Bonchev–Trinajstić information content (AvgIpc) is 2.67. The maximum atomic E-state index is 13.0. The molecule has 3 heteroatoms. The summed E-state index contributed by atoms with van der Waals surface area (Å²) in [5.74, 6) is -1.85. The number of nitrogens with one attached hydrogen (secondary N) is 1. The normalized spacial score (nSPS) is 41.8. The van der Waals surface area contributed by atoms with Gasteiger partial charge < -0.3 is 5.32 Å². The molecule has 0 spiro atoms. The number of hydrogen-bond donors (Lipinski definition) is 1. The lowest BCUT2D eigenvalue weighted by Crippen LogP contribution is -2.16. The Labute approximate surface area is 84.3 Å². The Kier molecular flexibility index (Phi) is 2.54. The molecule has 2 aliphatic rings. The van der Waals surface area contributed by atoms with Crippen LogP contribution in [0, 0.1) is 11.3 Å². The van der Waals surface area contributed by atoms with Crippen LogP contribution in [0.5, 0.6) is 0 Å². The number of rotatable bonds is 2. The van der Waals surface area contributed by atoms with Gasteiger partial charge in [0.25, 0.3) is 5.92 Å². The van der Waals surface area contributed by atoms with Gasteiger partial charge in [0.15, 0.2) is 0 Å². The average molecular weight is 203 g/mol. The maximum Gasteiger partial charge on any atom is 0.254 e. The minimum Gasteiger partial charge on any atom is -0.317 e. The number of alkyl halides is 2. The quantitative estimate of drug-likeness (QED) is 0.727.